The van der Waals surface area contributed by atoms with Gasteiger partial charge in [-0.25, -0.2) is 14.5 Å². The van der Waals surface area contributed by atoms with Gasteiger partial charge < -0.3 is 19.5 Å². The Labute approximate surface area is 236 Å². The molecule has 0 saturated carbocycles. The summed E-state index contributed by atoms with van der Waals surface area (Å²) in [6.07, 6.45) is 11.9. The number of nitrogens with zero attached hydrogens (tertiary/aromatic N) is 10. The largest absolute Gasteiger partial charge is 0.481 e. The van der Waals surface area contributed by atoms with E-state index in [1.165, 1.54) is 12.0 Å². The standard InChI is InChI=1S/C29H29N11O/c1-41-28-5-2-20(11-33-28)14-39-24-9-25(39)17-38(16-24)27-4-3-21(12-32-27)26-8-23(31-6-7-37-18-34-35-19-37)15-40-29(26)22(10-30)13-36-40/h2-5,8,11-13,15,18-19,24-25,31H,6-7,9,14,16-17H2,1H3. The Bertz CT molecular complexity index is 1680. The van der Waals surface area contributed by atoms with E-state index in [0.717, 1.165) is 54.3 Å². The Hall–Kier alpha value is -5.02. The predicted molar refractivity (Wildman–Crippen MR) is 152 cm³/mol. The fourth-order valence-electron chi connectivity index (χ4n) is 5.89. The van der Waals surface area contributed by atoms with Crippen LogP contribution in [-0.4, -0.2) is 78.1 Å². The molecular weight excluding hydrogens is 518 g/mol. The molecule has 0 aliphatic carbocycles. The molecule has 206 valence electrons. The number of anilines is 2. The van der Waals surface area contributed by atoms with Crippen molar-refractivity contribution in [3.05, 3.63) is 78.9 Å². The maximum atomic E-state index is 9.72. The molecule has 12 nitrogen and oxygen atoms in total. The van der Waals surface area contributed by atoms with Crippen LogP contribution in [0.1, 0.15) is 17.5 Å². The summed E-state index contributed by atoms with van der Waals surface area (Å²) < 4.78 is 8.86. The van der Waals surface area contributed by atoms with Gasteiger partial charge in [0.2, 0.25) is 5.88 Å². The molecule has 8 heterocycles. The summed E-state index contributed by atoms with van der Waals surface area (Å²) in [4.78, 5) is 14.2. The van der Waals surface area contributed by atoms with E-state index in [1.54, 1.807) is 30.5 Å². The number of rotatable bonds is 9. The molecule has 12 heteroatoms. The molecule has 2 bridgehead atoms. The van der Waals surface area contributed by atoms with Crippen molar-refractivity contribution < 1.29 is 4.74 Å². The summed E-state index contributed by atoms with van der Waals surface area (Å²) in [6.45, 7) is 4.22. The zero-order valence-electron chi connectivity index (χ0n) is 22.6. The van der Waals surface area contributed by atoms with Crippen molar-refractivity contribution in [1.82, 2.24) is 39.2 Å². The van der Waals surface area contributed by atoms with Crippen LogP contribution >= 0.6 is 0 Å². The van der Waals surface area contributed by atoms with E-state index < -0.39 is 0 Å². The maximum Gasteiger partial charge on any atom is 0.212 e. The third kappa shape index (κ3) is 4.81. The SMILES string of the molecule is COc1ccc(CN2C3CC2CN(c2ccc(-c4cc(NCCn5cnnc5)cn5ncc(C#N)c45)cn2)C3)cn1. The molecule has 3 saturated heterocycles. The highest BCUT2D eigenvalue weighted by molar-refractivity contribution is 5.86. The summed E-state index contributed by atoms with van der Waals surface area (Å²) in [5, 5.41) is 25.3. The first-order chi connectivity index (χ1) is 20.2. The summed E-state index contributed by atoms with van der Waals surface area (Å²) >= 11 is 0. The Kier molecular flexibility index (Phi) is 6.41. The van der Waals surface area contributed by atoms with Crippen LogP contribution in [-0.2, 0) is 13.1 Å². The molecule has 2 unspecified atom stereocenters. The minimum atomic E-state index is 0.503. The van der Waals surface area contributed by atoms with Gasteiger partial charge in [0.15, 0.2) is 0 Å². The summed E-state index contributed by atoms with van der Waals surface area (Å²) in [5.41, 5.74) is 5.26. The van der Waals surface area contributed by atoms with E-state index in [0.29, 0.717) is 30.1 Å². The fraction of sp³-hybridized carbons (Fsp3) is 0.310. The van der Waals surface area contributed by atoms with Crippen molar-refractivity contribution in [3.8, 4) is 23.1 Å². The van der Waals surface area contributed by atoms with Crippen molar-refractivity contribution in [2.45, 2.75) is 31.6 Å². The van der Waals surface area contributed by atoms with E-state index in [4.69, 9.17) is 9.72 Å². The second kappa shape index (κ2) is 10.5. The molecule has 1 N–H and O–H groups in total. The Morgan fingerprint density at radius 1 is 1.05 bits per heavy atom. The van der Waals surface area contributed by atoms with Crippen LogP contribution in [0.15, 0.2) is 67.8 Å². The minimum Gasteiger partial charge on any atom is -0.481 e. The molecule has 0 aromatic carbocycles. The van der Waals surface area contributed by atoms with Gasteiger partial charge in [-0.2, -0.15) is 10.4 Å². The second-order valence-electron chi connectivity index (χ2n) is 10.5. The highest BCUT2D eigenvalue weighted by Gasteiger charge is 2.44. The van der Waals surface area contributed by atoms with E-state index >= 15 is 0 Å². The predicted octanol–water partition coefficient (Wildman–Crippen LogP) is 2.84. The number of hydrogen-bond acceptors (Lipinski definition) is 10. The summed E-state index contributed by atoms with van der Waals surface area (Å²) in [6, 6.07) is 13.5. The van der Waals surface area contributed by atoms with Crippen molar-refractivity contribution in [2.24, 2.45) is 0 Å². The third-order valence-electron chi connectivity index (χ3n) is 8.00. The van der Waals surface area contributed by atoms with Crippen molar-refractivity contribution >= 4 is 17.0 Å². The number of nitriles is 1. The molecule has 3 aliphatic rings. The number of pyridine rings is 3. The van der Waals surface area contributed by atoms with Gasteiger partial charge in [-0.05, 0) is 30.2 Å². The zero-order chi connectivity index (χ0) is 27.8. The molecule has 2 atom stereocenters. The Morgan fingerprint density at radius 3 is 2.61 bits per heavy atom. The summed E-state index contributed by atoms with van der Waals surface area (Å²) in [7, 11) is 1.64. The van der Waals surface area contributed by atoms with Crippen molar-refractivity contribution in [2.75, 3.05) is 37.0 Å². The van der Waals surface area contributed by atoms with Crippen LogP contribution in [0.5, 0.6) is 5.88 Å². The smallest absolute Gasteiger partial charge is 0.212 e. The van der Waals surface area contributed by atoms with Crippen LogP contribution in [0, 0.1) is 11.3 Å². The first-order valence-corrected chi connectivity index (χ1v) is 13.6. The molecule has 8 rings (SSSR count). The van der Waals surface area contributed by atoms with E-state index in [-0.39, 0.29) is 0 Å². The maximum absolute atomic E-state index is 9.72. The van der Waals surface area contributed by atoms with E-state index in [1.807, 2.05) is 29.2 Å². The number of methoxy groups -OCH3 is 1. The van der Waals surface area contributed by atoms with Gasteiger partial charge in [-0.3, -0.25) is 4.90 Å². The number of nitrogens with one attached hydrogen (secondary N) is 1. The number of hydrogen-bond donors (Lipinski definition) is 1. The quantitative estimate of drug-likeness (QED) is 0.294. The molecule has 41 heavy (non-hydrogen) atoms. The lowest BCUT2D eigenvalue weighted by atomic mass is 9.87. The average molecular weight is 548 g/mol. The van der Waals surface area contributed by atoms with Crippen molar-refractivity contribution in [3.63, 3.8) is 0 Å². The highest BCUT2D eigenvalue weighted by atomic mass is 16.5. The normalized spacial score (nSPS) is 18.2. The molecule has 3 aliphatic heterocycles. The fourth-order valence-corrected chi connectivity index (χ4v) is 5.89. The van der Waals surface area contributed by atoms with Gasteiger partial charge in [-0.15, -0.1) is 10.2 Å². The number of fused-ring (bicyclic) bond motifs is 3. The van der Waals surface area contributed by atoms with Gasteiger partial charge in [0.1, 0.15) is 24.5 Å². The van der Waals surface area contributed by atoms with Gasteiger partial charge in [0, 0.05) is 74.4 Å². The van der Waals surface area contributed by atoms with Crippen molar-refractivity contribution in [1.29, 1.82) is 5.26 Å². The van der Waals surface area contributed by atoms with Crippen LogP contribution in [0.2, 0.25) is 0 Å². The molecular formula is C29H29N11O. The molecule has 5 aromatic heterocycles. The molecule has 0 amide bonds. The minimum absolute atomic E-state index is 0.503. The zero-order valence-corrected chi connectivity index (χ0v) is 22.6. The highest BCUT2D eigenvalue weighted by Crippen LogP contribution is 2.36. The van der Waals surface area contributed by atoms with Gasteiger partial charge in [0.25, 0.3) is 0 Å². The summed E-state index contributed by atoms with van der Waals surface area (Å²) in [5.74, 6) is 1.62. The lowest BCUT2D eigenvalue weighted by molar-refractivity contribution is -0.00876. The van der Waals surface area contributed by atoms with Crippen LogP contribution in [0.4, 0.5) is 11.5 Å². The molecule has 0 spiro atoms. The van der Waals surface area contributed by atoms with Crippen LogP contribution < -0.4 is 15.0 Å². The number of piperidine rings is 1. The first kappa shape index (κ1) is 25.0. The molecule has 5 aromatic rings. The van der Waals surface area contributed by atoms with Crippen LogP contribution in [0.25, 0.3) is 16.6 Å². The average Bonchev–Trinajstić information content (AvgIpc) is 3.70. The van der Waals surface area contributed by atoms with Crippen LogP contribution in [0.3, 0.4) is 0 Å². The number of ether oxygens (including phenoxy) is 1. The molecule has 0 radical (unpaired) electrons. The van der Waals surface area contributed by atoms with E-state index in [2.05, 4.69) is 65.7 Å². The van der Waals surface area contributed by atoms with Gasteiger partial charge in [0.05, 0.1) is 36.3 Å². The van der Waals surface area contributed by atoms with Gasteiger partial charge in [-0.1, -0.05) is 6.07 Å². The first-order valence-electron chi connectivity index (χ1n) is 13.6. The van der Waals surface area contributed by atoms with Gasteiger partial charge >= 0.3 is 0 Å². The monoisotopic (exact) mass is 547 g/mol. The Balaban J connectivity index is 1.07. The lowest BCUT2D eigenvalue weighted by Gasteiger charge is -2.56. The second-order valence-corrected chi connectivity index (χ2v) is 10.5. The topological polar surface area (TPSA) is 125 Å². The molecule has 3 fully saturated rings. The number of piperazine rings is 1. The van der Waals surface area contributed by atoms with E-state index in [9.17, 15) is 5.26 Å². The Morgan fingerprint density at radius 2 is 1.90 bits per heavy atom. The number of aromatic nitrogens is 7. The lowest BCUT2D eigenvalue weighted by Crippen LogP contribution is -2.68. The third-order valence-corrected chi connectivity index (χ3v) is 8.00.